The van der Waals surface area contributed by atoms with Gasteiger partial charge < -0.3 is 14.9 Å². The van der Waals surface area contributed by atoms with E-state index in [1.54, 1.807) is 0 Å². The zero-order valence-corrected chi connectivity index (χ0v) is 10.3. The molecule has 2 rings (SSSR count). The average Bonchev–Trinajstić information content (AvgIpc) is 3.08. The quantitative estimate of drug-likeness (QED) is 0.775. The van der Waals surface area contributed by atoms with Gasteiger partial charge in [0.2, 0.25) is 0 Å². The second-order valence-corrected chi connectivity index (χ2v) is 4.94. The lowest BCUT2D eigenvalue weighted by Crippen LogP contribution is -2.17. The highest BCUT2D eigenvalue weighted by molar-refractivity contribution is 5.68. The Hall–Kier alpha value is -1.55. The molecule has 1 fully saturated rings. The van der Waals surface area contributed by atoms with Gasteiger partial charge in [-0.05, 0) is 30.9 Å². The molecule has 18 heavy (non-hydrogen) atoms. The third-order valence-electron chi connectivity index (χ3n) is 3.37. The molecule has 1 aromatic carbocycles. The molecule has 0 atom stereocenters. The van der Waals surface area contributed by atoms with Gasteiger partial charge >= 0.3 is 5.97 Å². The predicted molar refractivity (Wildman–Crippen MR) is 66.6 cm³/mol. The van der Waals surface area contributed by atoms with Crippen LogP contribution in [-0.4, -0.2) is 29.4 Å². The van der Waals surface area contributed by atoms with Crippen LogP contribution in [0.2, 0.25) is 0 Å². The first-order chi connectivity index (χ1) is 8.65. The van der Waals surface area contributed by atoms with Crippen LogP contribution in [0.1, 0.15) is 24.8 Å². The minimum Gasteiger partial charge on any atom is -0.493 e. The molecule has 0 aromatic heterocycles. The van der Waals surface area contributed by atoms with Gasteiger partial charge in [0.15, 0.2) is 0 Å². The number of rotatable bonds is 7. The first kappa shape index (κ1) is 12.9. The summed E-state index contributed by atoms with van der Waals surface area (Å²) in [5.74, 6) is -0.0112. The zero-order valence-electron chi connectivity index (χ0n) is 10.3. The first-order valence-electron chi connectivity index (χ1n) is 6.19. The Morgan fingerprint density at radius 1 is 1.33 bits per heavy atom. The van der Waals surface area contributed by atoms with Gasteiger partial charge in [-0.2, -0.15) is 0 Å². The number of ether oxygens (including phenoxy) is 1. The number of carbonyl (C=O) groups is 1. The number of aliphatic carboxylic acids is 1. The Morgan fingerprint density at radius 2 is 2.06 bits per heavy atom. The molecule has 1 aromatic rings. The molecule has 1 aliphatic carbocycles. The molecule has 1 saturated carbocycles. The van der Waals surface area contributed by atoms with E-state index >= 15 is 0 Å². The van der Waals surface area contributed by atoms with E-state index in [9.17, 15) is 4.79 Å². The molecule has 4 heteroatoms. The zero-order chi connectivity index (χ0) is 13.0. The van der Waals surface area contributed by atoms with Gasteiger partial charge in [-0.1, -0.05) is 18.2 Å². The summed E-state index contributed by atoms with van der Waals surface area (Å²) < 4.78 is 5.74. The largest absolute Gasteiger partial charge is 0.493 e. The van der Waals surface area contributed by atoms with Crippen LogP contribution in [0.4, 0.5) is 0 Å². The highest BCUT2D eigenvalue weighted by Gasteiger charge is 2.45. The second-order valence-electron chi connectivity index (χ2n) is 4.94. The van der Waals surface area contributed by atoms with Gasteiger partial charge in [0.25, 0.3) is 0 Å². The minimum absolute atomic E-state index is 0.0840. The molecule has 2 N–H and O–H groups in total. The molecule has 0 spiro atoms. The lowest BCUT2D eigenvalue weighted by atomic mass is 10.0. The summed E-state index contributed by atoms with van der Waals surface area (Å²) in [5, 5.41) is 17.8. The van der Waals surface area contributed by atoms with E-state index in [1.807, 2.05) is 24.3 Å². The molecule has 0 radical (unpaired) electrons. The average molecular weight is 250 g/mol. The van der Waals surface area contributed by atoms with Crippen molar-refractivity contribution >= 4 is 5.97 Å². The third-order valence-corrected chi connectivity index (χ3v) is 3.37. The first-order valence-corrected chi connectivity index (χ1v) is 6.19. The summed E-state index contributed by atoms with van der Waals surface area (Å²) in [6, 6.07) is 7.57. The van der Waals surface area contributed by atoms with E-state index in [0.29, 0.717) is 13.0 Å². The van der Waals surface area contributed by atoms with Crippen LogP contribution < -0.4 is 4.74 Å². The Bertz CT molecular complexity index is 424. The summed E-state index contributed by atoms with van der Waals surface area (Å²) in [6.45, 7) is 0.530. The van der Waals surface area contributed by atoms with Crippen molar-refractivity contribution in [1.82, 2.24) is 0 Å². The number of hydrogen-bond acceptors (Lipinski definition) is 3. The molecule has 1 aliphatic rings. The molecule has 0 amide bonds. The number of aliphatic hydroxyl groups excluding tert-OH is 1. The van der Waals surface area contributed by atoms with E-state index in [2.05, 4.69) is 0 Å². The molecular formula is C14H18O4. The van der Waals surface area contributed by atoms with Crippen molar-refractivity contribution in [2.45, 2.75) is 25.7 Å². The lowest BCUT2D eigenvalue weighted by molar-refractivity contribution is -0.138. The molecule has 0 saturated heterocycles. The number of hydrogen-bond donors (Lipinski definition) is 2. The molecule has 0 unspecified atom stereocenters. The van der Waals surface area contributed by atoms with Crippen LogP contribution in [0.15, 0.2) is 24.3 Å². The van der Waals surface area contributed by atoms with E-state index in [-0.39, 0.29) is 18.4 Å². The van der Waals surface area contributed by atoms with E-state index in [0.717, 1.165) is 24.2 Å². The van der Waals surface area contributed by atoms with Gasteiger partial charge in [-0.25, -0.2) is 0 Å². The highest BCUT2D eigenvalue weighted by atomic mass is 16.5. The highest BCUT2D eigenvalue weighted by Crippen LogP contribution is 2.49. The van der Waals surface area contributed by atoms with Crippen LogP contribution in [0.5, 0.6) is 5.75 Å². The second kappa shape index (κ2) is 5.40. The van der Waals surface area contributed by atoms with Crippen LogP contribution in [0, 0.1) is 5.41 Å². The SMILES string of the molecule is O=C(O)CC1(COc2ccccc2CCO)CC1. The van der Waals surface area contributed by atoms with Crippen LogP contribution >= 0.6 is 0 Å². The van der Waals surface area contributed by atoms with Crippen molar-refractivity contribution in [2.24, 2.45) is 5.41 Å². The van der Waals surface area contributed by atoms with E-state index < -0.39 is 5.97 Å². The summed E-state index contributed by atoms with van der Waals surface area (Å²) in [4.78, 5) is 10.7. The maximum Gasteiger partial charge on any atom is 0.304 e. The maximum absolute atomic E-state index is 10.7. The Labute approximate surface area is 106 Å². The normalized spacial score (nSPS) is 16.3. The molecule has 4 nitrogen and oxygen atoms in total. The van der Waals surface area contributed by atoms with Crippen molar-refractivity contribution in [3.8, 4) is 5.75 Å². The molecule has 0 bridgehead atoms. The molecule has 0 aliphatic heterocycles. The van der Waals surface area contributed by atoms with Gasteiger partial charge in [0.05, 0.1) is 13.0 Å². The molecule has 0 heterocycles. The predicted octanol–water partition coefficient (Wildman–Crippen LogP) is 1.86. The number of carboxylic acid groups (broad SMARTS) is 1. The number of aliphatic hydroxyl groups is 1. The van der Waals surface area contributed by atoms with Crippen LogP contribution in [0.25, 0.3) is 0 Å². The minimum atomic E-state index is -0.764. The summed E-state index contributed by atoms with van der Waals surface area (Å²) in [6.07, 6.45) is 2.57. The van der Waals surface area contributed by atoms with Crippen molar-refractivity contribution in [3.05, 3.63) is 29.8 Å². The lowest BCUT2D eigenvalue weighted by Gasteiger charge is -2.16. The summed E-state index contributed by atoms with van der Waals surface area (Å²) in [5.41, 5.74) is 0.796. The van der Waals surface area contributed by atoms with Crippen LogP contribution in [0.3, 0.4) is 0 Å². The summed E-state index contributed by atoms with van der Waals surface area (Å²) in [7, 11) is 0. The Kier molecular flexibility index (Phi) is 3.87. The van der Waals surface area contributed by atoms with Gasteiger partial charge in [-0.3, -0.25) is 4.79 Å². The van der Waals surface area contributed by atoms with Crippen molar-refractivity contribution in [3.63, 3.8) is 0 Å². The van der Waals surface area contributed by atoms with Gasteiger partial charge in [-0.15, -0.1) is 0 Å². The van der Waals surface area contributed by atoms with E-state index in [1.165, 1.54) is 0 Å². The number of para-hydroxylation sites is 1. The smallest absolute Gasteiger partial charge is 0.304 e. The summed E-state index contributed by atoms with van der Waals surface area (Å²) >= 11 is 0. The van der Waals surface area contributed by atoms with Gasteiger partial charge in [0, 0.05) is 12.0 Å². The molecule has 98 valence electrons. The Balaban J connectivity index is 1.96. The maximum atomic E-state index is 10.7. The van der Waals surface area contributed by atoms with Crippen LogP contribution in [-0.2, 0) is 11.2 Å². The van der Waals surface area contributed by atoms with Crippen molar-refractivity contribution < 1.29 is 19.7 Å². The standard InChI is InChI=1S/C14H18O4/c15-8-5-11-3-1-2-4-12(11)18-10-14(6-7-14)9-13(16)17/h1-4,15H,5-10H2,(H,16,17). The number of carboxylic acids is 1. The fourth-order valence-corrected chi connectivity index (χ4v) is 2.07. The Morgan fingerprint density at radius 3 is 2.67 bits per heavy atom. The van der Waals surface area contributed by atoms with Crippen molar-refractivity contribution in [2.75, 3.05) is 13.2 Å². The van der Waals surface area contributed by atoms with Crippen molar-refractivity contribution in [1.29, 1.82) is 0 Å². The fourth-order valence-electron chi connectivity index (χ4n) is 2.07. The van der Waals surface area contributed by atoms with Gasteiger partial charge in [0.1, 0.15) is 5.75 Å². The van der Waals surface area contributed by atoms with E-state index in [4.69, 9.17) is 14.9 Å². The third kappa shape index (κ3) is 3.23. The fraction of sp³-hybridized carbons (Fsp3) is 0.500. The molecular weight excluding hydrogens is 232 g/mol. The topological polar surface area (TPSA) is 66.8 Å². The monoisotopic (exact) mass is 250 g/mol. The number of benzene rings is 1.